The highest BCUT2D eigenvalue weighted by atomic mass is 16.6. The molecule has 0 aliphatic heterocycles. The SMILES string of the molecule is C=C(C)C(=O)NC(OC(NC(=O)C(=C)C)C(=O)O)C(=O)O. The van der Waals surface area contributed by atoms with Crippen molar-refractivity contribution in [2.75, 3.05) is 0 Å². The van der Waals surface area contributed by atoms with E-state index >= 15 is 0 Å². The fraction of sp³-hybridized carbons (Fsp3) is 0.333. The van der Waals surface area contributed by atoms with Gasteiger partial charge in [-0.05, 0) is 13.8 Å². The average molecular weight is 300 g/mol. The number of hydrogen-bond donors (Lipinski definition) is 4. The third-order valence-corrected chi connectivity index (χ3v) is 2.02. The van der Waals surface area contributed by atoms with Gasteiger partial charge in [0.2, 0.25) is 24.3 Å². The Bertz CT molecular complexity index is 454. The first-order valence-corrected chi connectivity index (χ1v) is 5.60. The molecule has 0 aromatic heterocycles. The van der Waals surface area contributed by atoms with E-state index < -0.39 is 36.2 Å². The van der Waals surface area contributed by atoms with Crippen LogP contribution in [0.15, 0.2) is 24.3 Å². The Morgan fingerprint density at radius 1 is 0.857 bits per heavy atom. The molecule has 0 saturated carbocycles. The van der Waals surface area contributed by atoms with Crippen molar-refractivity contribution in [1.29, 1.82) is 0 Å². The molecular weight excluding hydrogens is 284 g/mol. The van der Waals surface area contributed by atoms with Crippen LogP contribution in [0.4, 0.5) is 0 Å². The van der Waals surface area contributed by atoms with Gasteiger partial charge < -0.3 is 25.6 Å². The lowest BCUT2D eigenvalue weighted by Crippen LogP contribution is -2.52. The summed E-state index contributed by atoms with van der Waals surface area (Å²) in [6.45, 7) is 9.24. The summed E-state index contributed by atoms with van der Waals surface area (Å²) in [6.07, 6.45) is -3.94. The first kappa shape index (κ1) is 18.3. The minimum Gasteiger partial charge on any atom is -0.478 e. The second-order valence-electron chi connectivity index (χ2n) is 4.08. The molecule has 0 radical (unpaired) electrons. The predicted molar refractivity (Wildman–Crippen MR) is 69.8 cm³/mol. The van der Waals surface area contributed by atoms with Crippen LogP contribution in [0.3, 0.4) is 0 Å². The van der Waals surface area contributed by atoms with Gasteiger partial charge in [-0.15, -0.1) is 0 Å². The van der Waals surface area contributed by atoms with Gasteiger partial charge in [0.15, 0.2) is 0 Å². The third kappa shape index (κ3) is 6.34. The standard InChI is InChI=1S/C12H16N2O7/c1-5(2)7(15)13-9(11(17)18)21-10(12(19)20)14-8(16)6(3)4/h9-10H,1,3H2,2,4H3,(H,13,15)(H,14,16)(H,17,18)(H,19,20). The van der Waals surface area contributed by atoms with E-state index in [1.165, 1.54) is 13.8 Å². The highest BCUT2D eigenvalue weighted by molar-refractivity contribution is 5.95. The lowest BCUT2D eigenvalue weighted by molar-refractivity contribution is -0.173. The summed E-state index contributed by atoms with van der Waals surface area (Å²) >= 11 is 0. The van der Waals surface area contributed by atoms with Crippen LogP contribution in [-0.2, 0) is 23.9 Å². The van der Waals surface area contributed by atoms with Crippen molar-refractivity contribution in [2.45, 2.75) is 26.3 Å². The smallest absolute Gasteiger partial charge is 0.354 e. The molecule has 0 heterocycles. The molecule has 21 heavy (non-hydrogen) atoms. The molecule has 0 spiro atoms. The van der Waals surface area contributed by atoms with E-state index in [1.54, 1.807) is 0 Å². The Kier molecular flexibility index (Phi) is 6.80. The first-order chi connectivity index (χ1) is 9.56. The van der Waals surface area contributed by atoms with Crippen molar-refractivity contribution >= 4 is 23.8 Å². The molecule has 2 unspecified atom stereocenters. The number of amides is 2. The number of aliphatic carboxylic acids is 2. The molecule has 0 aromatic rings. The summed E-state index contributed by atoms with van der Waals surface area (Å²) < 4.78 is 4.67. The summed E-state index contributed by atoms with van der Waals surface area (Å²) in [7, 11) is 0. The zero-order valence-corrected chi connectivity index (χ0v) is 11.5. The van der Waals surface area contributed by atoms with Gasteiger partial charge in [-0.25, -0.2) is 9.59 Å². The maximum atomic E-state index is 11.3. The Morgan fingerprint density at radius 3 is 1.33 bits per heavy atom. The normalized spacial score (nSPS) is 12.7. The average Bonchev–Trinajstić information content (AvgIpc) is 2.35. The monoisotopic (exact) mass is 300 g/mol. The van der Waals surface area contributed by atoms with E-state index in [9.17, 15) is 19.2 Å². The van der Waals surface area contributed by atoms with Crippen molar-refractivity contribution in [2.24, 2.45) is 0 Å². The van der Waals surface area contributed by atoms with Crippen LogP contribution >= 0.6 is 0 Å². The number of carbonyl (C=O) groups is 4. The highest BCUT2D eigenvalue weighted by Gasteiger charge is 2.30. The van der Waals surface area contributed by atoms with Gasteiger partial charge >= 0.3 is 11.9 Å². The molecule has 0 rings (SSSR count). The molecule has 4 N–H and O–H groups in total. The minimum atomic E-state index is -1.97. The van der Waals surface area contributed by atoms with E-state index in [2.05, 4.69) is 17.9 Å². The zero-order chi connectivity index (χ0) is 16.7. The molecule has 0 aliphatic rings. The number of carboxylic acids is 2. The maximum Gasteiger partial charge on any atom is 0.354 e. The summed E-state index contributed by atoms with van der Waals surface area (Å²) in [4.78, 5) is 44.6. The zero-order valence-electron chi connectivity index (χ0n) is 11.5. The Labute approximate surface area is 120 Å². The molecule has 0 saturated heterocycles. The number of hydrogen-bond acceptors (Lipinski definition) is 5. The Hall–Kier alpha value is -2.68. The highest BCUT2D eigenvalue weighted by Crippen LogP contribution is 1.99. The molecular formula is C12H16N2O7. The van der Waals surface area contributed by atoms with E-state index in [4.69, 9.17) is 10.2 Å². The fourth-order valence-corrected chi connectivity index (χ4v) is 0.929. The number of carbonyl (C=O) groups excluding carboxylic acids is 2. The molecule has 9 heteroatoms. The second-order valence-corrected chi connectivity index (χ2v) is 4.08. The summed E-state index contributed by atoms with van der Waals surface area (Å²) in [5.41, 5.74) is 0.00499. The number of rotatable bonds is 8. The van der Waals surface area contributed by atoms with Crippen LogP contribution in [0.2, 0.25) is 0 Å². The number of ether oxygens (including phenoxy) is 1. The summed E-state index contributed by atoms with van der Waals surface area (Å²) in [6, 6.07) is 0. The van der Waals surface area contributed by atoms with Gasteiger partial charge in [0.05, 0.1) is 0 Å². The molecule has 0 aromatic carbocycles. The fourth-order valence-electron chi connectivity index (χ4n) is 0.929. The van der Waals surface area contributed by atoms with Crippen molar-refractivity contribution in [3.05, 3.63) is 24.3 Å². The van der Waals surface area contributed by atoms with Crippen LogP contribution in [0.1, 0.15) is 13.8 Å². The van der Waals surface area contributed by atoms with Crippen LogP contribution in [0, 0.1) is 0 Å². The van der Waals surface area contributed by atoms with Gasteiger partial charge in [0.25, 0.3) is 0 Å². The van der Waals surface area contributed by atoms with Crippen LogP contribution in [-0.4, -0.2) is 46.4 Å². The summed E-state index contributed by atoms with van der Waals surface area (Å²) in [5.74, 6) is -4.95. The third-order valence-electron chi connectivity index (χ3n) is 2.02. The largest absolute Gasteiger partial charge is 0.478 e. The van der Waals surface area contributed by atoms with E-state index in [1.807, 2.05) is 10.6 Å². The van der Waals surface area contributed by atoms with E-state index in [-0.39, 0.29) is 11.1 Å². The predicted octanol–water partition coefficient (Wildman–Crippen LogP) is -0.791. The van der Waals surface area contributed by atoms with Gasteiger partial charge in [-0.1, -0.05) is 13.2 Å². The maximum absolute atomic E-state index is 11.3. The first-order valence-electron chi connectivity index (χ1n) is 5.60. The molecule has 0 aliphatic carbocycles. The van der Waals surface area contributed by atoms with Crippen molar-refractivity contribution in [1.82, 2.24) is 10.6 Å². The topological polar surface area (TPSA) is 142 Å². The molecule has 9 nitrogen and oxygen atoms in total. The minimum absolute atomic E-state index is 0.00250. The quantitative estimate of drug-likeness (QED) is 0.340. The van der Waals surface area contributed by atoms with Crippen LogP contribution in [0.25, 0.3) is 0 Å². The summed E-state index contributed by atoms with van der Waals surface area (Å²) in [5, 5.41) is 21.6. The van der Waals surface area contributed by atoms with Crippen LogP contribution in [0.5, 0.6) is 0 Å². The number of nitrogens with one attached hydrogen (secondary N) is 2. The van der Waals surface area contributed by atoms with Crippen LogP contribution < -0.4 is 10.6 Å². The molecule has 2 atom stereocenters. The van der Waals surface area contributed by atoms with Crippen molar-refractivity contribution in [3.8, 4) is 0 Å². The van der Waals surface area contributed by atoms with E-state index in [0.717, 1.165) is 0 Å². The Morgan fingerprint density at radius 2 is 1.14 bits per heavy atom. The molecule has 0 bridgehead atoms. The molecule has 2 amide bonds. The number of carboxylic acid groups (broad SMARTS) is 2. The van der Waals surface area contributed by atoms with Gasteiger partial charge in [0, 0.05) is 11.1 Å². The van der Waals surface area contributed by atoms with E-state index in [0.29, 0.717) is 0 Å². The van der Waals surface area contributed by atoms with Gasteiger partial charge in [0.1, 0.15) is 0 Å². The van der Waals surface area contributed by atoms with Crippen molar-refractivity contribution in [3.63, 3.8) is 0 Å². The van der Waals surface area contributed by atoms with Crippen molar-refractivity contribution < 1.29 is 34.1 Å². The Balaban J connectivity index is 4.99. The van der Waals surface area contributed by atoms with Gasteiger partial charge in [-0.3, -0.25) is 9.59 Å². The van der Waals surface area contributed by atoms with Gasteiger partial charge in [-0.2, -0.15) is 0 Å². The lowest BCUT2D eigenvalue weighted by Gasteiger charge is -2.21. The molecule has 0 fully saturated rings. The lowest BCUT2D eigenvalue weighted by atomic mass is 10.3. The second kappa shape index (κ2) is 7.80. The molecule has 116 valence electrons.